The van der Waals surface area contributed by atoms with E-state index in [1.54, 1.807) is 22.3 Å². The lowest BCUT2D eigenvalue weighted by molar-refractivity contribution is -0.130. The maximum Gasteiger partial charge on any atom is 0.258 e. The number of nitrogens with zero attached hydrogens (tertiary/aromatic N) is 2. The number of carbonyl (C=O) groups is 1. The second kappa shape index (κ2) is 7.61. The lowest BCUT2D eigenvalue weighted by atomic mass is 10.2. The van der Waals surface area contributed by atoms with E-state index < -0.39 is 0 Å². The number of thiophene rings is 1. The monoisotopic (exact) mass is 355 g/mol. The number of hydrogen-bond acceptors (Lipinski definition) is 4. The molecular formula is C19H21N3O2S. The first kappa shape index (κ1) is 17.4. The number of fused-ring (bicyclic) bond motifs is 1. The van der Waals surface area contributed by atoms with Gasteiger partial charge in [-0.1, -0.05) is 12.1 Å². The highest BCUT2D eigenvalue weighted by Gasteiger charge is 2.12. The van der Waals surface area contributed by atoms with Gasteiger partial charge in [0.1, 0.15) is 5.82 Å². The average molecular weight is 355 g/mol. The number of aromatic nitrogens is 2. The van der Waals surface area contributed by atoms with E-state index >= 15 is 0 Å². The van der Waals surface area contributed by atoms with Crippen LogP contribution in [-0.4, -0.2) is 27.8 Å². The summed E-state index contributed by atoms with van der Waals surface area (Å²) in [6, 6.07) is 9.35. The normalized spacial score (nSPS) is 11.0. The van der Waals surface area contributed by atoms with E-state index in [2.05, 4.69) is 23.0 Å². The van der Waals surface area contributed by atoms with Gasteiger partial charge in [-0.3, -0.25) is 9.59 Å². The molecule has 0 aliphatic heterocycles. The molecule has 0 spiro atoms. The first-order valence-corrected chi connectivity index (χ1v) is 9.17. The quantitative estimate of drug-likeness (QED) is 0.738. The number of H-pyrrole nitrogens is 1. The molecule has 25 heavy (non-hydrogen) atoms. The van der Waals surface area contributed by atoms with E-state index in [1.807, 2.05) is 30.6 Å². The van der Waals surface area contributed by atoms with E-state index in [4.69, 9.17) is 0 Å². The fraction of sp³-hybridized carbons (Fsp3) is 0.316. The zero-order chi connectivity index (χ0) is 17.8. The molecule has 6 heteroatoms. The smallest absolute Gasteiger partial charge is 0.258 e. The largest absolute Gasteiger partial charge is 0.341 e. The van der Waals surface area contributed by atoms with Gasteiger partial charge in [-0.25, -0.2) is 4.98 Å². The number of hydrogen-bond donors (Lipinski definition) is 1. The first-order valence-electron chi connectivity index (χ1n) is 8.29. The predicted molar refractivity (Wildman–Crippen MR) is 101 cm³/mol. The molecule has 0 atom stereocenters. The second-order valence-corrected chi connectivity index (χ2v) is 7.16. The zero-order valence-corrected chi connectivity index (χ0v) is 15.2. The highest BCUT2D eigenvalue weighted by Crippen LogP contribution is 2.17. The molecule has 0 radical (unpaired) electrons. The minimum absolute atomic E-state index is 0.107. The van der Waals surface area contributed by atoms with Crippen molar-refractivity contribution < 1.29 is 4.79 Å². The molecule has 0 fully saturated rings. The summed E-state index contributed by atoms with van der Waals surface area (Å²) in [5.41, 5.74) is 1.79. The third kappa shape index (κ3) is 4.14. The molecule has 0 aliphatic carbocycles. The molecule has 0 saturated carbocycles. The highest BCUT2D eigenvalue weighted by atomic mass is 32.1. The van der Waals surface area contributed by atoms with Crippen molar-refractivity contribution in [2.45, 2.75) is 32.7 Å². The number of amides is 1. The van der Waals surface area contributed by atoms with Crippen molar-refractivity contribution in [3.63, 3.8) is 0 Å². The van der Waals surface area contributed by atoms with Gasteiger partial charge in [-0.05, 0) is 42.5 Å². The van der Waals surface area contributed by atoms with E-state index in [1.165, 1.54) is 10.4 Å². The zero-order valence-electron chi connectivity index (χ0n) is 14.4. The average Bonchev–Trinajstić information content (AvgIpc) is 2.99. The van der Waals surface area contributed by atoms with Gasteiger partial charge in [0.15, 0.2) is 0 Å². The van der Waals surface area contributed by atoms with Crippen LogP contribution in [0.2, 0.25) is 0 Å². The van der Waals surface area contributed by atoms with Crippen LogP contribution in [0.3, 0.4) is 0 Å². The van der Waals surface area contributed by atoms with Crippen LogP contribution in [0.15, 0.2) is 40.5 Å². The molecule has 0 saturated heterocycles. The van der Waals surface area contributed by atoms with Crippen LogP contribution < -0.4 is 5.56 Å². The Kier molecular flexibility index (Phi) is 5.28. The van der Waals surface area contributed by atoms with Crippen LogP contribution >= 0.6 is 11.3 Å². The van der Waals surface area contributed by atoms with Crippen molar-refractivity contribution in [3.05, 3.63) is 62.3 Å². The number of nitrogens with one attached hydrogen (secondary N) is 1. The van der Waals surface area contributed by atoms with Crippen molar-refractivity contribution in [2.75, 3.05) is 7.05 Å². The standard InChI is InChI=1S/C19H21N3O2S/c1-13-10-11-25-16(13)12-22(2)18(23)9-5-8-17-20-15-7-4-3-6-14(15)19(24)21-17/h3-4,6-7,10-11H,5,8-9,12H2,1-2H3,(H,20,21,24). The van der Waals surface area contributed by atoms with E-state index in [0.717, 1.165) is 0 Å². The molecule has 0 aliphatic rings. The van der Waals surface area contributed by atoms with E-state index in [0.29, 0.717) is 42.5 Å². The summed E-state index contributed by atoms with van der Waals surface area (Å²) in [5, 5.41) is 2.64. The number of aryl methyl sites for hydroxylation is 2. The van der Waals surface area contributed by atoms with Gasteiger partial charge in [0.2, 0.25) is 5.91 Å². The third-order valence-electron chi connectivity index (χ3n) is 4.24. The van der Waals surface area contributed by atoms with Crippen molar-refractivity contribution in [2.24, 2.45) is 0 Å². The Hall–Kier alpha value is -2.47. The molecule has 1 N–H and O–H groups in total. The summed E-state index contributed by atoms with van der Waals surface area (Å²) >= 11 is 1.68. The van der Waals surface area contributed by atoms with Crippen LogP contribution in [0.25, 0.3) is 10.9 Å². The van der Waals surface area contributed by atoms with Gasteiger partial charge in [0, 0.05) is 24.8 Å². The summed E-state index contributed by atoms with van der Waals surface area (Å²) < 4.78 is 0. The van der Waals surface area contributed by atoms with Gasteiger partial charge in [-0.2, -0.15) is 0 Å². The lowest BCUT2D eigenvalue weighted by Gasteiger charge is -2.16. The maximum atomic E-state index is 12.3. The van der Waals surface area contributed by atoms with Gasteiger partial charge >= 0.3 is 0 Å². The summed E-state index contributed by atoms with van der Waals surface area (Å²) in [6.07, 6.45) is 1.68. The topological polar surface area (TPSA) is 66.1 Å². The molecule has 0 unspecified atom stereocenters. The highest BCUT2D eigenvalue weighted by molar-refractivity contribution is 7.10. The van der Waals surface area contributed by atoms with Crippen LogP contribution in [0.1, 0.15) is 29.1 Å². The van der Waals surface area contributed by atoms with Gasteiger partial charge < -0.3 is 9.88 Å². The van der Waals surface area contributed by atoms with Crippen molar-refractivity contribution in [1.82, 2.24) is 14.9 Å². The second-order valence-electron chi connectivity index (χ2n) is 6.16. The van der Waals surface area contributed by atoms with E-state index in [9.17, 15) is 9.59 Å². The summed E-state index contributed by atoms with van der Waals surface area (Å²) in [7, 11) is 1.83. The SMILES string of the molecule is Cc1ccsc1CN(C)C(=O)CCCc1nc2ccccc2c(=O)[nH]1. The van der Waals surface area contributed by atoms with Gasteiger partial charge in [-0.15, -0.1) is 11.3 Å². The number of rotatable bonds is 6. The number of carbonyl (C=O) groups excluding carboxylic acids is 1. The Morgan fingerprint density at radius 1 is 1.28 bits per heavy atom. The van der Waals surface area contributed by atoms with Crippen LogP contribution in [0.4, 0.5) is 0 Å². The maximum absolute atomic E-state index is 12.3. The van der Waals surface area contributed by atoms with Crippen LogP contribution in [0.5, 0.6) is 0 Å². The molecule has 3 aromatic rings. The Labute approximate surface area is 150 Å². The number of aromatic amines is 1. The van der Waals surface area contributed by atoms with Gasteiger partial charge in [0.05, 0.1) is 17.4 Å². The van der Waals surface area contributed by atoms with Gasteiger partial charge in [0.25, 0.3) is 5.56 Å². The summed E-state index contributed by atoms with van der Waals surface area (Å²) in [5.74, 6) is 0.740. The third-order valence-corrected chi connectivity index (χ3v) is 5.25. The molecule has 130 valence electrons. The lowest BCUT2D eigenvalue weighted by Crippen LogP contribution is -2.26. The van der Waals surface area contributed by atoms with E-state index in [-0.39, 0.29) is 11.5 Å². The minimum Gasteiger partial charge on any atom is -0.341 e. The fourth-order valence-corrected chi connectivity index (χ4v) is 3.68. The summed E-state index contributed by atoms with van der Waals surface area (Å²) in [6.45, 7) is 2.71. The molecule has 0 bridgehead atoms. The molecular weight excluding hydrogens is 334 g/mol. The fourth-order valence-electron chi connectivity index (χ4n) is 2.72. The first-order chi connectivity index (χ1) is 12.0. The predicted octanol–water partition coefficient (Wildman–Crippen LogP) is 3.27. The van der Waals surface area contributed by atoms with Crippen LogP contribution in [-0.2, 0) is 17.8 Å². The minimum atomic E-state index is -0.128. The molecule has 1 aromatic carbocycles. The molecule has 1 amide bonds. The van der Waals surface area contributed by atoms with Crippen molar-refractivity contribution in [1.29, 1.82) is 0 Å². The summed E-state index contributed by atoms with van der Waals surface area (Å²) in [4.78, 5) is 34.6. The number of para-hydroxylation sites is 1. The van der Waals surface area contributed by atoms with Crippen molar-refractivity contribution in [3.8, 4) is 0 Å². The molecule has 5 nitrogen and oxygen atoms in total. The molecule has 2 heterocycles. The molecule has 2 aromatic heterocycles. The Morgan fingerprint density at radius 3 is 2.84 bits per heavy atom. The molecule has 3 rings (SSSR count). The van der Waals surface area contributed by atoms with Crippen molar-refractivity contribution >= 4 is 28.1 Å². The Morgan fingerprint density at radius 2 is 2.08 bits per heavy atom. The number of benzene rings is 1. The Balaban J connectivity index is 1.56. The van der Waals surface area contributed by atoms with Crippen LogP contribution in [0, 0.1) is 6.92 Å². The Bertz CT molecular complexity index is 945.